The topological polar surface area (TPSA) is 41.1 Å². The fourth-order valence-electron chi connectivity index (χ4n) is 2.09. The van der Waals surface area contributed by atoms with E-state index in [0.717, 1.165) is 16.8 Å². The van der Waals surface area contributed by atoms with Gasteiger partial charge in [0.2, 0.25) is 3.79 Å². The van der Waals surface area contributed by atoms with Crippen molar-refractivity contribution >= 4 is 58.0 Å². The Morgan fingerprint density at radius 3 is 2.42 bits per heavy atom. The molecule has 0 aliphatic carbocycles. The van der Waals surface area contributed by atoms with Gasteiger partial charge in [0.25, 0.3) is 5.91 Å². The quantitative estimate of drug-likeness (QED) is 0.521. The Kier molecular flexibility index (Phi) is 6.27. The van der Waals surface area contributed by atoms with Crippen molar-refractivity contribution in [2.75, 3.05) is 5.32 Å². The van der Waals surface area contributed by atoms with Crippen molar-refractivity contribution in [2.45, 2.75) is 23.8 Å². The Morgan fingerprint density at radius 2 is 1.79 bits per heavy atom. The molecule has 7 heteroatoms. The van der Waals surface area contributed by atoms with E-state index < -0.39 is 15.9 Å². The lowest BCUT2D eigenvalue weighted by Gasteiger charge is -2.28. The molecule has 0 aliphatic rings. The molecule has 2 N–H and O–H groups in total. The van der Waals surface area contributed by atoms with Gasteiger partial charge in [-0.2, -0.15) is 0 Å². The van der Waals surface area contributed by atoms with E-state index in [1.54, 1.807) is 24.3 Å². The standard InChI is InChI=1S/C17H16Cl4N2O/c1-10-6-7-11(2)14(8-10)22-16(17(19,20)21)23-15(24)12-4-3-5-13(18)9-12/h3-9,16,22H,1-2H3,(H,23,24)/t16-/m1/s1. The summed E-state index contributed by atoms with van der Waals surface area (Å²) in [4.78, 5) is 12.4. The molecule has 3 nitrogen and oxygen atoms in total. The summed E-state index contributed by atoms with van der Waals surface area (Å²) in [7, 11) is 0. The molecule has 2 rings (SSSR count). The van der Waals surface area contributed by atoms with Gasteiger partial charge in [-0.05, 0) is 49.2 Å². The molecule has 2 aromatic rings. The van der Waals surface area contributed by atoms with Gasteiger partial charge in [0.15, 0.2) is 0 Å². The van der Waals surface area contributed by atoms with Crippen LogP contribution < -0.4 is 10.6 Å². The molecule has 0 heterocycles. The van der Waals surface area contributed by atoms with Gasteiger partial charge >= 0.3 is 0 Å². The minimum absolute atomic E-state index is 0.379. The summed E-state index contributed by atoms with van der Waals surface area (Å²) in [5, 5.41) is 6.23. The van der Waals surface area contributed by atoms with E-state index in [-0.39, 0.29) is 0 Å². The zero-order chi connectivity index (χ0) is 17.9. The minimum atomic E-state index is -1.75. The fraction of sp³-hybridized carbons (Fsp3) is 0.235. The maximum absolute atomic E-state index is 12.4. The van der Waals surface area contributed by atoms with Crippen LogP contribution in [-0.2, 0) is 0 Å². The molecule has 0 bridgehead atoms. The number of benzene rings is 2. The van der Waals surface area contributed by atoms with Crippen molar-refractivity contribution in [3.8, 4) is 0 Å². The maximum atomic E-state index is 12.4. The first kappa shape index (κ1) is 19.2. The van der Waals surface area contributed by atoms with Crippen molar-refractivity contribution in [1.82, 2.24) is 5.32 Å². The van der Waals surface area contributed by atoms with E-state index in [1.165, 1.54) is 0 Å². The van der Waals surface area contributed by atoms with Gasteiger partial charge in [0.05, 0.1) is 0 Å². The molecular weight excluding hydrogens is 390 g/mol. The highest BCUT2D eigenvalue weighted by atomic mass is 35.6. The van der Waals surface area contributed by atoms with Crippen LogP contribution >= 0.6 is 46.4 Å². The van der Waals surface area contributed by atoms with Gasteiger partial charge in [-0.15, -0.1) is 0 Å². The highest BCUT2D eigenvalue weighted by molar-refractivity contribution is 6.68. The van der Waals surface area contributed by atoms with Gasteiger partial charge in [0.1, 0.15) is 6.17 Å². The summed E-state index contributed by atoms with van der Waals surface area (Å²) in [6, 6.07) is 12.4. The molecule has 0 aliphatic heterocycles. The van der Waals surface area contributed by atoms with Crippen molar-refractivity contribution in [2.24, 2.45) is 0 Å². The normalized spacial score (nSPS) is 12.6. The lowest BCUT2D eigenvalue weighted by Crippen LogP contribution is -2.49. The van der Waals surface area contributed by atoms with Gasteiger partial charge in [0, 0.05) is 16.3 Å². The second-order valence-electron chi connectivity index (χ2n) is 5.42. The highest BCUT2D eigenvalue weighted by Crippen LogP contribution is 2.32. The van der Waals surface area contributed by atoms with E-state index in [2.05, 4.69) is 10.6 Å². The zero-order valence-electron chi connectivity index (χ0n) is 13.0. The van der Waals surface area contributed by atoms with Gasteiger partial charge in [-0.1, -0.05) is 64.6 Å². The summed E-state index contributed by atoms with van der Waals surface area (Å²) >= 11 is 24.0. The summed E-state index contributed by atoms with van der Waals surface area (Å²) in [5.74, 6) is -0.397. The van der Waals surface area contributed by atoms with Crippen LogP contribution in [0.15, 0.2) is 42.5 Å². The Morgan fingerprint density at radius 1 is 1.08 bits per heavy atom. The first-order valence-corrected chi connectivity index (χ1v) is 8.65. The number of rotatable bonds is 4. The lowest BCUT2D eigenvalue weighted by molar-refractivity contribution is 0.0942. The molecule has 0 aromatic heterocycles. The first-order valence-electron chi connectivity index (χ1n) is 7.14. The molecule has 24 heavy (non-hydrogen) atoms. The smallest absolute Gasteiger partial charge is 0.253 e. The number of aryl methyl sites for hydroxylation is 2. The second kappa shape index (κ2) is 7.83. The third-order valence-corrected chi connectivity index (χ3v) is 4.27. The SMILES string of the molecule is Cc1ccc(C)c(N[C@H](NC(=O)c2cccc(Cl)c2)C(Cl)(Cl)Cl)c1. The van der Waals surface area contributed by atoms with Crippen LogP contribution in [0, 0.1) is 13.8 Å². The van der Waals surface area contributed by atoms with Crippen LogP contribution in [0.3, 0.4) is 0 Å². The number of anilines is 1. The molecule has 0 unspecified atom stereocenters. The van der Waals surface area contributed by atoms with Crippen molar-refractivity contribution < 1.29 is 4.79 Å². The summed E-state index contributed by atoms with van der Waals surface area (Å²) in [5.41, 5.74) is 3.17. The predicted octanol–water partition coefficient (Wildman–Crippen LogP) is 5.50. The number of halogens is 4. The van der Waals surface area contributed by atoms with Gasteiger partial charge in [-0.25, -0.2) is 0 Å². The Hall–Kier alpha value is -1.13. The highest BCUT2D eigenvalue weighted by Gasteiger charge is 2.34. The van der Waals surface area contributed by atoms with Crippen LogP contribution in [0.2, 0.25) is 5.02 Å². The Balaban J connectivity index is 2.23. The maximum Gasteiger partial charge on any atom is 0.253 e. The van der Waals surface area contributed by atoms with Gasteiger partial charge < -0.3 is 10.6 Å². The second-order valence-corrected chi connectivity index (χ2v) is 8.23. The number of nitrogens with one attached hydrogen (secondary N) is 2. The van der Waals surface area contributed by atoms with E-state index in [4.69, 9.17) is 46.4 Å². The molecule has 0 saturated heterocycles. The Bertz CT molecular complexity index is 744. The average Bonchev–Trinajstić information content (AvgIpc) is 2.49. The molecule has 2 aromatic carbocycles. The van der Waals surface area contributed by atoms with Gasteiger partial charge in [-0.3, -0.25) is 4.79 Å². The number of hydrogen-bond acceptors (Lipinski definition) is 2. The van der Waals surface area contributed by atoms with E-state index in [0.29, 0.717) is 10.6 Å². The van der Waals surface area contributed by atoms with Crippen LogP contribution in [0.5, 0.6) is 0 Å². The summed E-state index contributed by atoms with van der Waals surface area (Å²) < 4.78 is -1.75. The molecule has 0 radical (unpaired) electrons. The lowest BCUT2D eigenvalue weighted by atomic mass is 10.1. The third kappa shape index (κ3) is 5.18. The van der Waals surface area contributed by atoms with E-state index >= 15 is 0 Å². The molecule has 128 valence electrons. The van der Waals surface area contributed by atoms with Crippen molar-refractivity contribution in [1.29, 1.82) is 0 Å². The monoisotopic (exact) mass is 404 g/mol. The first-order chi connectivity index (χ1) is 11.2. The summed E-state index contributed by atoms with van der Waals surface area (Å²) in [6.45, 7) is 3.88. The molecule has 0 saturated carbocycles. The number of carbonyl (C=O) groups is 1. The van der Waals surface area contributed by atoms with Crippen LogP contribution in [0.25, 0.3) is 0 Å². The molecule has 0 spiro atoms. The largest absolute Gasteiger partial charge is 0.362 e. The van der Waals surface area contributed by atoms with Crippen molar-refractivity contribution in [3.05, 3.63) is 64.2 Å². The van der Waals surface area contributed by atoms with Crippen LogP contribution in [0.1, 0.15) is 21.5 Å². The van der Waals surface area contributed by atoms with Crippen LogP contribution in [-0.4, -0.2) is 15.9 Å². The number of amides is 1. The zero-order valence-corrected chi connectivity index (χ0v) is 16.1. The van der Waals surface area contributed by atoms with Crippen molar-refractivity contribution in [3.63, 3.8) is 0 Å². The molecule has 0 fully saturated rings. The number of hydrogen-bond donors (Lipinski definition) is 2. The minimum Gasteiger partial charge on any atom is -0.362 e. The fourth-order valence-corrected chi connectivity index (χ4v) is 2.61. The molecular formula is C17H16Cl4N2O. The Labute approximate surface area is 161 Å². The predicted molar refractivity (Wildman–Crippen MR) is 103 cm³/mol. The molecule has 1 atom stereocenters. The average molecular weight is 406 g/mol. The van der Waals surface area contributed by atoms with E-state index in [1.807, 2.05) is 32.0 Å². The van der Waals surface area contributed by atoms with E-state index in [9.17, 15) is 4.79 Å². The molecule has 1 amide bonds. The number of carbonyl (C=O) groups excluding carboxylic acids is 1. The number of alkyl halides is 3. The summed E-state index contributed by atoms with van der Waals surface area (Å²) in [6.07, 6.45) is -0.922. The van der Waals surface area contributed by atoms with Crippen LogP contribution in [0.4, 0.5) is 5.69 Å². The third-order valence-electron chi connectivity index (χ3n) is 3.38.